The molecule has 1 fully saturated rings. The fourth-order valence-corrected chi connectivity index (χ4v) is 4.47. The monoisotopic (exact) mass is 529 g/mol. The third-order valence-electron chi connectivity index (χ3n) is 5.66. The first kappa shape index (κ1) is 24.0. The van der Waals surface area contributed by atoms with Crippen LogP contribution in [0.3, 0.4) is 0 Å². The number of aromatic nitrogens is 3. The summed E-state index contributed by atoms with van der Waals surface area (Å²) in [7, 11) is 0. The third kappa shape index (κ3) is 4.71. The Kier molecular flexibility index (Phi) is 6.50. The summed E-state index contributed by atoms with van der Waals surface area (Å²) in [5, 5.41) is 6.83. The Morgan fingerprint density at radius 2 is 1.94 bits per heavy atom. The fraction of sp³-hybridized carbons (Fsp3) is 0.391. The first-order valence-corrected chi connectivity index (χ1v) is 11.8. The third-order valence-corrected chi connectivity index (χ3v) is 6.16. The van der Waals surface area contributed by atoms with Gasteiger partial charge < -0.3 is 26.1 Å². The molecule has 34 heavy (non-hydrogen) atoms. The molecule has 0 bridgehead atoms. The number of hydrogen-bond acceptors (Lipinski definition) is 7. The van der Waals surface area contributed by atoms with Crippen molar-refractivity contribution in [1.82, 2.24) is 20.3 Å². The molecule has 4 rings (SSSR count). The van der Waals surface area contributed by atoms with E-state index in [-0.39, 0.29) is 5.91 Å². The number of hydrogen-bond donors (Lipinski definition) is 4. The van der Waals surface area contributed by atoms with Crippen LogP contribution in [0.2, 0.25) is 0 Å². The zero-order valence-corrected chi connectivity index (χ0v) is 20.9. The molecule has 0 saturated carbocycles. The predicted octanol–water partition coefficient (Wildman–Crippen LogP) is 3.81. The standard InChI is InChI=1S/C23H28BrN7O3/c1-22(2,3)34-21(33)31(19-15-6-9-27-18(15)28-13-29-19)23(7-10-26-11-8-23)20(32)30-17-5-4-14(24)12-16(17)25/h4-6,9,12-13,26H,7-8,10-11,25H2,1-3H3,(H,30,32)(H,27,28,29). The van der Waals surface area contributed by atoms with Gasteiger partial charge in [0, 0.05) is 10.7 Å². The van der Waals surface area contributed by atoms with Crippen LogP contribution in [0.1, 0.15) is 33.6 Å². The number of nitrogens with one attached hydrogen (secondary N) is 3. The number of nitrogens with two attached hydrogens (primary N) is 1. The normalized spacial score (nSPS) is 15.6. The Hall–Kier alpha value is -3.18. The Morgan fingerprint density at radius 3 is 2.62 bits per heavy atom. The number of rotatable bonds is 4. The number of amides is 2. The highest BCUT2D eigenvalue weighted by atomic mass is 79.9. The summed E-state index contributed by atoms with van der Waals surface area (Å²) in [4.78, 5) is 40.8. The molecule has 2 aromatic heterocycles. The molecule has 0 atom stereocenters. The summed E-state index contributed by atoms with van der Waals surface area (Å²) in [6, 6.07) is 7.00. The van der Waals surface area contributed by atoms with Gasteiger partial charge in [0.05, 0.1) is 16.8 Å². The average molecular weight is 530 g/mol. The topological polar surface area (TPSA) is 138 Å². The van der Waals surface area contributed by atoms with Gasteiger partial charge in [0.2, 0.25) is 0 Å². The van der Waals surface area contributed by atoms with E-state index in [1.807, 2.05) is 0 Å². The molecule has 11 heteroatoms. The molecule has 10 nitrogen and oxygen atoms in total. The van der Waals surface area contributed by atoms with Crippen molar-refractivity contribution in [3.63, 3.8) is 0 Å². The molecule has 5 N–H and O–H groups in total. The molecule has 1 aromatic carbocycles. The minimum Gasteiger partial charge on any atom is -0.443 e. The van der Waals surface area contributed by atoms with Crippen molar-refractivity contribution in [2.45, 2.75) is 44.8 Å². The lowest BCUT2D eigenvalue weighted by molar-refractivity contribution is -0.122. The summed E-state index contributed by atoms with van der Waals surface area (Å²) in [6.45, 7) is 6.42. The zero-order valence-electron chi connectivity index (χ0n) is 19.3. The van der Waals surface area contributed by atoms with Crippen molar-refractivity contribution in [2.24, 2.45) is 0 Å². The lowest BCUT2D eigenvalue weighted by Crippen LogP contribution is -2.64. The Morgan fingerprint density at radius 1 is 1.21 bits per heavy atom. The molecular weight excluding hydrogens is 502 g/mol. The van der Waals surface area contributed by atoms with E-state index >= 15 is 0 Å². The number of ether oxygens (including phenoxy) is 1. The number of fused-ring (bicyclic) bond motifs is 1. The highest BCUT2D eigenvalue weighted by Gasteiger charge is 2.50. The number of benzene rings is 1. The first-order valence-electron chi connectivity index (χ1n) is 11.0. The summed E-state index contributed by atoms with van der Waals surface area (Å²) < 4.78 is 6.58. The SMILES string of the molecule is CC(C)(C)OC(=O)N(c1ncnc2[nH]ccc12)C1(C(=O)Nc2ccc(Br)cc2N)CCNCC1. The van der Waals surface area contributed by atoms with Crippen molar-refractivity contribution in [3.8, 4) is 0 Å². The number of piperidine rings is 1. The maximum atomic E-state index is 14.0. The van der Waals surface area contributed by atoms with Crippen LogP contribution in [0.4, 0.5) is 22.0 Å². The largest absolute Gasteiger partial charge is 0.443 e. The summed E-state index contributed by atoms with van der Waals surface area (Å²) in [6.07, 6.45) is 3.13. The van der Waals surface area contributed by atoms with Gasteiger partial charge >= 0.3 is 6.09 Å². The van der Waals surface area contributed by atoms with Gasteiger partial charge in [-0.3, -0.25) is 4.79 Å². The van der Waals surface area contributed by atoms with E-state index in [0.717, 1.165) is 4.47 Å². The van der Waals surface area contributed by atoms with E-state index < -0.39 is 17.2 Å². The van der Waals surface area contributed by atoms with Crippen LogP contribution in [0, 0.1) is 0 Å². The van der Waals surface area contributed by atoms with Crippen molar-refractivity contribution in [3.05, 3.63) is 41.3 Å². The van der Waals surface area contributed by atoms with Gasteiger partial charge in [-0.15, -0.1) is 0 Å². The molecule has 1 aliphatic rings. The number of carbonyl (C=O) groups excluding carboxylic acids is 2. The van der Waals surface area contributed by atoms with Crippen molar-refractivity contribution < 1.29 is 14.3 Å². The van der Waals surface area contributed by atoms with Crippen molar-refractivity contribution >= 4 is 56.2 Å². The first-order chi connectivity index (χ1) is 16.1. The maximum Gasteiger partial charge on any atom is 0.417 e. The number of nitrogen functional groups attached to an aromatic ring is 1. The van der Waals surface area contributed by atoms with Gasteiger partial charge in [-0.05, 0) is 71.0 Å². The van der Waals surface area contributed by atoms with E-state index in [1.54, 1.807) is 51.2 Å². The van der Waals surface area contributed by atoms with Crippen molar-refractivity contribution in [2.75, 3.05) is 29.0 Å². The number of carbonyl (C=O) groups is 2. The second-order valence-corrected chi connectivity index (χ2v) is 10.1. The van der Waals surface area contributed by atoms with Crippen molar-refractivity contribution in [1.29, 1.82) is 0 Å². The Labute approximate surface area is 205 Å². The number of halogens is 1. The van der Waals surface area contributed by atoms with Gasteiger partial charge in [0.1, 0.15) is 23.1 Å². The molecule has 0 spiro atoms. The molecule has 1 aliphatic heterocycles. The van der Waals surface area contributed by atoms with E-state index in [0.29, 0.717) is 54.2 Å². The van der Waals surface area contributed by atoms with Crippen LogP contribution >= 0.6 is 15.9 Å². The summed E-state index contributed by atoms with van der Waals surface area (Å²) >= 11 is 3.38. The molecule has 3 aromatic rings. The molecule has 1 saturated heterocycles. The van der Waals surface area contributed by atoms with Gasteiger partial charge in [-0.1, -0.05) is 15.9 Å². The Bertz CT molecular complexity index is 1210. The van der Waals surface area contributed by atoms with Crippen LogP contribution < -0.4 is 21.3 Å². The van der Waals surface area contributed by atoms with E-state index in [4.69, 9.17) is 10.5 Å². The number of H-pyrrole nitrogens is 1. The highest BCUT2D eigenvalue weighted by molar-refractivity contribution is 9.10. The highest BCUT2D eigenvalue weighted by Crippen LogP contribution is 2.37. The van der Waals surface area contributed by atoms with Crippen LogP contribution in [-0.2, 0) is 9.53 Å². The second-order valence-electron chi connectivity index (χ2n) is 9.22. The molecule has 3 heterocycles. The van der Waals surface area contributed by atoms with E-state index in [1.165, 1.54) is 11.2 Å². The molecule has 0 radical (unpaired) electrons. The fourth-order valence-electron chi connectivity index (χ4n) is 4.09. The van der Waals surface area contributed by atoms with Crippen LogP contribution in [0.15, 0.2) is 41.3 Å². The lowest BCUT2D eigenvalue weighted by Gasteiger charge is -2.44. The van der Waals surface area contributed by atoms with Gasteiger partial charge in [-0.2, -0.15) is 0 Å². The van der Waals surface area contributed by atoms with Gasteiger partial charge in [0.15, 0.2) is 5.82 Å². The van der Waals surface area contributed by atoms with Gasteiger partial charge in [0.25, 0.3) is 5.91 Å². The Balaban J connectivity index is 1.84. The smallest absolute Gasteiger partial charge is 0.417 e. The van der Waals surface area contributed by atoms with Crippen LogP contribution in [0.5, 0.6) is 0 Å². The molecule has 2 amide bonds. The molecule has 0 aliphatic carbocycles. The molecule has 0 unspecified atom stereocenters. The van der Waals surface area contributed by atoms with E-state index in [9.17, 15) is 9.59 Å². The zero-order chi connectivity index (χ0) is 24.5. The van der Waals surface area contributed by atoms with Crippen LogP contribution in [-0.4, -0.2) is 51.2 Å². The maximum absolute atomic E-state index is 14.0. The van der Waals surface area contributed by atoms with Crippen LogP contribution in [0.25, 0.3) is 11.0 Å². The minimum atomic E-state index is -1.27. The number of anilines is 3. The summed E-state index contributed by atoms with van der Waals surface area (Å²) in [5.74, 6) is -0.0579. The number of nitrogens with zero attached hydrogens (tertiary/aromatic N) is 3. The number of aromatic amines is 1. The predicted molar refractivity (Wildman–Crippen MR) is 135 cm³/mol. The summed E-state index contributed by atoms with van der Waals surface area (Å²) in [5.41, 5.74) is 5.52. The molecule has 180 valence electrons. The lowest BCUT2D eigenvalue weighted by atomic mass is 9.85. The second kappa shape index (κ2) is 9.22. The minimum absolute atomic E-state index is 0.307. The average Bonchev–Trinajstić information content (AvgIpc) is 3.25. The quantitative estimate of drug-likeness (QED) is 0.377. The van der Waals surface area contributed by atoms with E-state index in [2.05, 4.69) is 41.5 Å². The van der Waals surface area contributed by atoms with Gasteiger partial charge in [-0.25, -0.2) is 19.7 Å². The molecular formula is C23H28BrN7O3.